The predicted molar refractivity (Wildman–Crippen MR) is 104 cm³/mol. The maximum Gasteiger partial charge on any atom is 0.270 e. The van der Waals surface area contributed by atoms with Gasteiger partial charge in [-0.3, -0.25) is 14.2 Å². The molecule has 5 heteroatoms. The van der Waals surface area contributed by atoms with Gasteiger partial charge in [-0.1, -0.05) is 41.1 Å². The van der Waals surface area contributed by atoms with E-state index in [1.54, 1.807) is 24.4 Å². The molecule has 0 saturated carbocycles. The second-order valence-electron chi connectivity index (χ2n) is 6.47. The van der Waals surface area contributed by atoms with Gasteiger partial charge in [0.15, 0.2) is 0 Å². The third-order valence-electron chi connectivity index (χ3n) is 4.52. The highest BCUT2D eigenvalue weighted by Crippen LogP contribution is 2.21. The molecule has 2 heterocycles. The number of likely N-dealkylation sites (tertiary alicyclic amines) is 1. The van der Waals surface area contributed by atoms with E-state index in [0.717, 1.165) is 36.0 Å². The molecule has 130 valence electrons. The molecule has 4 nitrogen and oxygen atoms in total. The number of benzene rings is 1. The molecule has 0 radical (unpaired) electrons. The van der Waals surface area contributed by atoms with Gasteiger partial charge in [0, 0.05) is 29.8 Å². The highest BCUT2D eigenvalue weighted by molar-refractivity contribution is 9.10. The monoisotopic (exact) mass is 400 g/mol. The number of halogens is 1. The topological polar surface area (TPSA) is 42.3 Å². The van der Waals surface area contributed by atoms with Crippen LogP contribution in [-0.4, -0.2) is 28.5 Å². The molecule has 0 unspecified atom stereocenters. The maximum atomic E-state index is 13.1. The summed E-state index contributed by atoms with van der Waals surface area (Å²) in [6.07, 6.45) is 5.43. The zero-order valence-corrected chi connectivity index (χ0v) is 15.8. The Labute approximate surface area is 155 Å². The van der Waals surface area contributed by atoms with Crippen LogP contribution in [0.25, 0.3) is 11.8 Å². The van der Waals surface area contributed by atoms with Gasteiger partial charge in [-0.25, -0.2) is 0 Å². The van der Waals surface area contributed by atoms with E-state index in [-0.39, 0.29) is 11.5 Å². The Morgan fingerprint density at radius 3 is 2.60 bits per heavy atom. The van der Waals surface area contributed by atoms with Crippen molar-refractivity contribution in [2.75, 3.05) is 13.1 Å². The second-order valence-corrected chi connectivity index (χ2v) is 7.38. The van der Waals surface area contributed by atoms with Crippen LogP contribution in [0.2, 0.25) is 0 Å². The van der Waals surface area contributed by atoms with Crippen LogP contribution in [0.1, 0.15) is 25.3 Å². The number of pyridine rings is 1. The van der Waals surface area contributed by atoms with Crippen LogP contribution in [0.4, 0.5) is 0 Å². The summed E-state index contributed by atoms with van der Waals surface area (Å²) in [5.41, 5.74) is 1.06. The molecule has 1 fully saturated rings. The lowest BCUT2D eigenvalue weighted by molar-refractivity contribution is -0.126. The minimum Gasteiger partial charge on any atom is -0.337 e. The van der Waals surface area contributed by atoms with Gasteiger partial charge in [0.25, 0.3) is 11.5 Å². The number of carbonyl (C=O) groups is 1. The Kier molecular flexibility index (Phi) is 5.53. The quantitative estimate of drug-likeness (QED) is 0.733. The molecule has 0 atom stereocenters. The summed E-state index contributed by atoms with van der Waals surface area (Å²) < 4.78 is 2.36. The van der Waals surface area contributed by atoms with Crippen molar-refractivity contribution in [1.82, 2.24) is 9.47 Å². The van der Waals surface area contributed by atoms with Gasteiger partial charge in [-0.2, -0.15) is 0 Å². The Balaban J connectivity index is 2.02. The third-order valence-corrected chi connectivity index (χ3v) is 5.02. The first-order valence-corrected chi connectivity index (χ1v) is 9.28. The molecular weight excluding hydrogens is 380 g/mol. The van der Waals surface area contributed by atoms with Gasteiger partial charge >= 0.3 is 0 Å². The first-order chi connectivity index (χ1) is 12.0. The van der Waals surface area contributed by atoms with Crippen molar-refractivity contribution in [2.45, 2.75) is 19.8 Å². The van der Waals surface area contributed by atoms with Crippen molar-refractivity contribution in [2.24, 2.45) is 5.92 Å². The average Bonchev–Trinajstić information content (AvgIpc) is 2.61. The van der Waals surface area contributed by atoms with E-state index >= 15 is 0 Å². The van der Waals surface area contributed by atoms with Gasteiger partial charge in [-0.05, 0) is 48.6 Å². The Hall–Kier alpha value is -2.14. The minimum atomic E-state index is -0.206. The smallest absolute Gasteiger partial charge is 0.270 e. The molecule has 3 rings (SSSR count). The minimum absolute atomic E-state index is 0.0971. The highest BCUT2D eigenvalue weighted by atomic mass is 79.9. The molecule has 1 aliphatic heterocycles. The van der Waals surface area contributed by atoms with E-state index in [1.807, 2.05) is 29.2 Å². The summed E-state index contributed by atoms with van der Waals surface area (Å²) in [7, 11) is 0. The number of hydrogen-bond donors (Lipinski definition) is 0. The zero-order chi connectivity index (χ0) is 17.8. The largest absolute Gasteiger partial charge is 0.337 e. The number of carbonyl (C=O) groups excluding carboxylic acids is 1. The van der Waals surface area contributed by atoms with Crippen LogP contribution in [0.3, 0.4) is 0 Å². The molecule has 1 aromatic heterocycles. The molecule has 0 N–H and O–H groups in total. The van der Waals surface area contributed by atoms with Crippen LogP contribution in [-0.2, 0) is 4.79 Å². The summed E-state index contributed by atoms with van der Waals surface area (Å²) >= 11 is 3.45. The molecule has 1 amide bonds. The lowest BCUT2D eigenvalue weighted by atomic mass is 9.99. The van der Waals surface area contributed by atoms with Crippen LogP contribution < -0.4 is 5.56 Å². The lowest BCUT2D eigenvalue weighted by Crippen LogP contribution is -2.40. The fourth-order valence-corrected chi connectivity index (χ4v) is 3.41. The highest BCUT2D eigenvalue weighted by Gasteiger charge is 2.24. The number of hydrogen-bond acceptors (Lipinski definition) is 2. The van der Waals surface area contributed by atoms with Crippen molar-refractivity contribution in [3.63, 3.8) is 0 Å². The van der Waals surface area contributed by atoms with Gasteiger partial charge in [0.1, 0.15) is 5.70 Å². The Morgan fingerprint density at radius 2 is 1.92 bits per heavy atom. The summed E-state index contributed by atoms with van der Waals surface area (Å²) in [6.45, 7) is 3.68. The van der Waals surface area contributed by atoms with Crippen molar-refractivity contribution >= 4 is 33.6 Å². The first-order valence-electron chi connectivity index (χ1n) is 8.49. The molecule has 25 heavy (non-hydrogen) atoms. The predicted octanol–water partition coefficient (Wildman–Crippen LogP) is 3.87. The molecule has 1 aromatic carbocycles. The molecule has 0 bridgehead atoms. The first kappa shape index (κ1) is 17.7. The van der Waals surface area contributed by atoms with Crippen molar-refractivity contribution in [3.8, 4) is 0 Å². The SMILES string of the molecule is CC1CCN(C(=O)/C(=C\c2cccc(Br)c2)n2ccccc2=O)CC1. The van der Waals surface area contributed by atoms with E-state index in [9.17, 15) is 9.59 Å². The number of rotatable bonds is 3. The number of piperidine rings is 1. The Morgan fingerprint density at radius 1 is 1.16 bits per heavy atom. The molecule has 0 aliphatic carbocycles. The maximum absolute atomic E-state index is 13.1. The van der Waals surface area contributed by atoms with Gasteiger partial charge in [0.05, 0.1) is 0 Å². The number of amides is 1. The molecule has 0 spiro atoms. The molecular formula is C20H21BrN2O2. The summed E-state index contributed by atoms with van der Waals surface area (Å²) in [4.78, 5) is 27.3. The number of aromatic nitrogens is 1. The molecule has 1 saturated heterocycles. The van der Waals surface area contributed by atoms with Gasteiger partial charge < -0.3 is 4.90 Å². The van der Waals surface area contributed by atoms with Gasteiger partial charge in [-0.15, -0.1) is 0 Å². The van der Waals surface area contributed by atoms with E-state index < -0.39 is 0 Å². The van der Waals surface area contributed by atoms with E-state index in [1.165, 1.54) is 10.6 Å². The van der Waals surface area contributed by atoms with Crippen LogP contribution in [0.5, 0.6) is 0 Å². The fourth-order valence-electron chi connectivity index (χ4n) is 2.99. The summed E-state index contributed by atoms with van der Waals surface area (Å²) in [5, 5.41) is 0. The van der Waals surface area contributed by atoms with E-state index in [4.69, 9.17) is 0 Å². The zero-order valence-electron chi connectivity index (χ0n) is 14.2. The molecule has 2 aromatic rings. The summed E-state index contributed by atoms with van der Waals surface area (Å²) in [5.74, 6) is 0.543. The van der Waals surface area contributed by atoms with E-state index in [2.05, 4.69) is 22.9 Å². The van der Waals surface area contributed by atoms with Crippen LogP contribution >= 0.6 is 15.9 Å². The van der Waals surface area contributed by atoms with Crippen LogP contribution in [0, 0.1) is 5.92 Å². The summed E-state index contributed by atoms with van der Waals surface area (Å²) in [6, 6.07) is 12.6. The van der Waals surface area contributed by atoms with Crippen molar-refractivity contribution < 1.29 is 4.79 Å². The van der Waals surface area contributed by atoms with Gasteiger partial charge in [0.2, 0.25) is 0 Å². The van der Waals surface area contributed by atoms with Crippen molar-refractivity contribution in [3.05, 3.63) is 69.1 Å². The second kappa shape index (κ2) is 7.83. The third kappa shape index (κ3) is 4.28. The normalized spacial score (nSPS) is 16.1. The number of nitrogens with zero attached hydrogens (tertiary/aromatic N) is 2. The standard InChI is InChI=1S/C20H21BrN2O2/c1-15-8-11-22(12-9-15)20(25)18(23-10-3-2-7-19(23)24)14-16-5-4-6-17(21)13-16/h2-7,10,13-15H,8-9,11-12H2,1H3/b18-14+. The Bertz CT molecular complexity index is 849. The lowest BCUT2D eigenvalue weighted by Gasteiger charge is -2.31. The van der Waals surface area contributed by atoms with E-state index in [0.29, 0.717) is 11.6 Å². The van der Waals surface area contributed by atoms with Crippen molar-refractivity contribution in [1.29, 1.82) is 0 Å². The van der Waals surface area contributed by atoms with Crippen LogP contribution in [0.15, 0.2) is 57.9 Å². The molecule has 1 aliphatic rings. The fraction of sp³-hybridized carbons (Fsp3) is 0.300. The average molecular weight is 401 g/mol.